The first kappa shape index (κ1) is 14.9. The Bertz CT molecular complexity index is 474. The molecule has 1 fully saturated rings. The molecule has 5 heteroatoms. The van der Waals surface area contributed by atoms with Crippen molar-refractivity contribution in [1.82, 2.24) is 4.90 Å². The first-order chi connectivity index (χ1) is 9.63. The van der Waals surface area contributed by atoms with E-state index < -0.39 is 6.10 Å². The summed E-state index contributed by atoms with van der Waals surface area (Å²) in [7, 11) is 1.56. The van der Waals surface area contributed by atoms with Crippen molar-refractivity contribution in [3.05, 3.63) is 35.9 Å². The van der Waals surface area contributed by atoms with Gasteiger partial charge in [-0.25, -0.2) is 0 Å². The van der Waals surface area contributed by atoms with Crippen LogP contribution < -0.4 is 5.73 Å². The Labute approximate surface area is 124 Å². The monoisotopic (exact) mass is 292 g/mol. The molecule has 1 aromatic carbocycles. The van der Waals surface area contributed by atoms with Gasteiger partial charge in [-0.2, -0.15) is 0 Å². The molecule has 1 saturated carbocycles. The molecule has 0 heterocycles. The molecule has 0 aromatic heterocycles. The Morgan fingerprint density at radius 3 is 2.60 bits per heavy atom. The van der Waals surface area contributed by atoms with Gasteiger partial charge in [0.05, 0.1) is 4.99 Å². The summed E-state index contributed by atoms with van der Waals surface area (Å²) in [6.45, 7) is 0.575. The zero-order valence-corrected chi connectivity index (χ0v) is 12.4. The topological polar surface area (TPSA) is 55.6 Å². The zero-order valence-electron chi connectivity index (χ0n) is 11.6. The number of methoxy groups -OCH3 is 1. The maximum absolute atomic E-state index is 12.7. The van der Waals surface area contributed by atoms with Crippen LogP contribution >= 0.6 is 12.2 Å². The molecule has 108 valence electrons. The van der Waals surface area contributed by atoms with Gasteiger partial charge < -0.3 is 15.4 Å². The third kappa shape index (κ3) is 3.77. The van der Waals surface area contributed by atoms with E-state index in [1.165, 1.54) is 0 Å². The molecule has 0 spiro atoms. The van der Waals surface area contributed by atoms with E-state index >= 15 is 0 Å². The molecular weight excluding hydrogens is 272 g/mol. The molecule has 0 radical (unpaired) electrons. The molecule has 1 atom stereocenters. The van der Waals surface area contributed by atoms with E-state index in [1.807, 2.05) is 35.2 Å². The summed E-state index contributed by atoms with van der Waals surface area (Å²) in [5.74, 6) is -0.00236. The lowest BCUT2D eigenvalue weighted by molar-refractivity contribution is -0.143. The molecule has 1 aliphatic rings. The lowest BCUT2D eigenvalue weighted by atomic mass is 10.1. The Hall–Kier alpha value is -1.46. The van der Waals surface area contributed by atoms with E-state index in [4.69, 9.17) is 22.7 Å². The van der Waals surface area contributed by atoms with Crippen LogP contribution in [-0.2, 0) is 9.53 Å². The molecule has 0 saturated heterocycles. The predicted octanol–water partition coefficient (Wildman–Crippen LogP) is 2.04. The first-order valence-electron chi connectivity index (χ1n) is 6.80. The van der Waals surface area contributed by atoms with Gasteiger partial charge in [0.25, 0.3) is 5.91 Å². The highest BCUT2D eigenvalue weighted by atomic mass is 32.1. The van der Waals surface area contributed by atoms with E-state index in [0.717, 1.165) is 18.4 Å². The molecule has 4 nitrogen and oxygen atoms in total. The van der Waals surface area contributed by atoms with Crippen LogP contribution in [0.15, 0.2) is 30.3 Å². The molecule has 0 bridgehead atoms. The summed E-state index contributed by atoms with van der Waals surface area (Å²) in [6, 6.07) is 9.87. The number of nitrogens with zero attached hydrogens (tertiary/aromatic N) is 1. The molecule has 0 aliphatic heterocycles. The van der Waals surface area contributed by atoms with Crippen LogP contribution in [0.3, 0.4) is 0 Å². The van der Waals surface area contributed by atoms with Gasteiger partial charge in [0.2, 0.25) is 0 Å². The first-order valence-corrected chi connectivity index (χ1v) is 7.21. The number of amides is 1. The van der Waals surface area contributed by atoms with Gasteiger partial charge in [-0.1, -0.05) is 42.5 Å². The summed E-state index contributed by atoms with van der Waals surface area (Å²) in [6.07, 6.45) is 2.11. The van der Waals surface area contributed by atoms with Gasteiger partial charge in [-0.3, -0.25) is 4.79 Å². The van der Waals surface area contributed by atoms with Crippen LogP contribution in [0.4, 0.5) is 0 Å². The van der Waals surface area contributed by atoms with Gasteiger partial charge in [0.1, 0.15) is 0 Å². The fraction of sp³-hybridized carbons (Fsp3) is 0.467. The normalized spacial score (nSPS) is 15.7. The number of nitrogens with two attached hydrogens (primary N) is 1. The van der Waals surface area contributed by atoms with Gasteiger partial charge in [0, 0.05) is 26.1 Å². The highest BCUT2D eigenvalue weighted by molar-refractivity contribution is 7.80. The largest absolute Gasteiger partial charge is 0.393 e. The SMILES string of the molecule is COC(C(=O)N(CCC(N)=S)C1CC1)c1ccccc1. The van der Waals surface area contributed by atoms with Crippen molar-refractivity contribution in [2.45, 2.75) is 31.4 Å². The molecule has 1 aromatic rings. The van der Waals surface area contributed by atoms with Crippen LogP contribution in [0.1, 0.15) is 30.9 Å². The van der Waals surface area contributed by atoms with Crippen molar-refractivity contribution in [1.29, 1.82) is 0 Å². The maximum atomic E-state index is 12.7. The summed E-state index contributed by atoms with van der Waals surface area (Å²) in [5.41, 5.74) is 6.42. The fourth-order valence-electron chi connectivity index (χ4n) is 2.25. The van der Waals surface area contributed by atoms with E-state index in [1.54, 1.807) is 7.11 Å². The molecule has 1 amide bonds. The minimum atomic E-state index is -0.553. The number of carbonyl (C=O) groups is 1. The summed E-state index contributed by atoms with van der Waals surface area (Å²) >= 11 is 4.90. The summed E-state index contributed by atoms with van der Waals surface area (Å²) in [4.78, 5) is 15.0. The average molecular weight is 292 g/mol. The number of carbonyl (C=O) groups excluding carboxylic acids is 1. The lowest BCUT2D eigenvalue weighted by Crippen LogP contribution is -2.39. The zero-order chi connectivity index (χ0) is 14.5. The van der Waals surface area contributed by atoms with Crippen molar-refractivity contribution in [3.8, 4) is 0 Å². The number of thiocarbonyl (C=S) groups is 1. The van der Waals surface area contributed by atoms with Gasteiger partial charge in [-0.05, 0) is 18.4 Å². The van der Waals surface area contributed by atoms with E-state index in [-0.39, 0.29) is 5.91 Å². The minimum Gasteiger partial charge on any atom is -0.393 e. The van der Waals surface area contributed by atoms with Crippen molar-refractivity contribution in [2.75, 3.05) is 13.7 Å². The van der Waals surface area contributed by atoms with Crippen molar-refractivity contribution >= 4 is 23.1 Å². The highest BCUT2D eigenvalue weighted by Crippen LogP contribution is 2.30. The number of rotatable bonds is 7. The second-order valence-corrected chi connectivity index (χ2v) is 5.53. The molecule has 20 heavy (non-hydrogen) atoms. The van der Waals surface area contributed by atoms with Crippen LogP contribution in [0.2, 0.25) is 0 Å². The van der Waals surface area contributed by atoms with Crippen molar-refractivity contribution in [2.24, 2.45) is 5.73 Å². The number of hydrogen-bond acceptors (Lipinski definition) is 3. The highest BCUT2D eigenvalue weighted by Gasteiger charge is 2.36. The second kappa shape index (κ2) is 6.81. The minimum absolute atomic E-state index is 0.00236. The lowest BCUT2D eigenvalue weighted by Gasteiger charge is -2.26. The molecule has 2 rings (SSSR count). The van der Waals surface area contributed by atoms with Crippen LogP contribution in [-0.4, -0.2) is 35.5 Å². The smallest absolute Gasteiger partial charge is 0.256 e. The molecule has 1 aliphatic carbocycles. The Morgan fingerprint density at radius 1 is 1.45 bits per heavy atom. The van der Waals surface area contributed by atoms with E-state index in [2.05, 4.69) is 0 Å². The standard InChI is InChI=1S/C15H20N2O2S/c1-19-14(11-5-3-2-4-6-11)15(18)17(12-7-8-12)10-9-13(16)20/h2-6,12,14H,7-10H2,1H3,(H2,16,20). The maximum Gasteiger partial charge on any atom is 0.256 e. The fourth-order valence-corrected chi connectivity index (χ4v) is 2.34. The molecule has 2 N–H and O–H groups in total. The third-order valence-electron chi connectivity index (χ3n) is 3.43. The van der Waals surface area contributed by atoms with Crippen LogP contribution in [0.25, 0.3) is 0 Å². The molecular formula is C15H20N2O2S. The second-order valence-electron chi connectivity index (χ2n) is 5.01. The van der Waals surface area contributed by atoms with Crippen LogP contribution in [0, 0.1) is 0 Å². The Kier molecular flexibility index (Phi) is 5.09. The third-order valence-corrected chi connectivity index (χ3v) is 3.64. The summed E-state index contributed by atoms with van der Waals surface area (Å²) < 4.78 is 5.41. The number of hydrogen-bond donors (Lipinski definition) is 1. The number of benzene rings is 1. The summed E-state index contributed by atoms with van der Waals surface area (Å²) in [5, 5.41) is 0. The number of ether oxygens (including phenoxy) is 1. The average Bonchev–Trinajstić information content (AvgIpc) is 3.25. The van der Waals surface area contributed by atoms with Gasteiger partial charge in [-0.15, -0.1) is 0 Å². The Balaban J connectivity index is 2.10. The van der Waals surface area contributed by atoms with Gasteiger partial charge >= 0.3 is 0 Å². The Morgan fingerprint density at radius 2 is 2.10 bits per heavy atom. The molecule has 1 unspecified atom stereocenters. The van der Waals surface area contributed by atoms with Crippen molar-refractivity contribution in [3.63, 3.8) is 0 Å². The van der Waals surface area contributed by atoms with Crippen LogP contribution in [0.5, 0.6) is 0 Å². The van der Waals surface area contributed by atoms with E-state index in [9.17, 15) is 4.79 Å². The van der Waals surface area contributed by atoms with E-state index in [0.29, 0.717) is 24.0 Å². The van der Waals surface area contributed by atoms with Gasteiger partial charge in [0.15, 0.2) is 6.10 Å². The quantitative estimate of drug-likeness (QED) is 0.781. The van der Waals surface area contributed by atoms with Crippen molar-refractivity contribution < 1.29 is 9.53 Å². The predicted molar refractivity (Wildman–Crippen MR) is 82.3 cm³/mol.